The first kappa shape index (κ1) is 16.9. The molecule has 1 saturated heterocycles. The van der Waals surface area contributed by atoms with Crippen molar-refractivity contribution in [3.63, 3.8) is 0 Å². The minimum absolute atomic E-state index is 0.0651. The number of thiazole rings is 1. The Labute approximate surface area is 142 Å². The monoisotopic (exact) mass is 336 g/mol. The van der Waals surface area contributed by atoms with Gasteiger partial charge in [-0.05, 0) is 50.6 Å². The molecule has 128 valence electrons. The summed E-state index contributed by atoms with van der Waals surface area (Å²) in [4.78, 5) is 19.5. The maximum absolute atomic E-state index is 12.4. The van der Waals surface area contributed by atoms with E-state index < -0.39 is 0 Å². The Morgan fingerprint density at radius 2 is 2.30 bits per heavy atom. The molecule has 23 heavy (non-hydrogen) atoms. The van der Waals surface area contributed by atoms with Gasteiger partial charge in [-0.2, -0.15) is 0 Å². The van der Waals surface area contributed by atoms with Gasteiger partial charge in [-0.15, -0.1) is 11.3 Å². The molecule has 0 spiro atoms. The van der Waals surface area contributed by atoms with Gasteiger partial charge in [0.15, 0.2) is 5.13 Å². The van der Waals surface area contributed by atoms with E-state index in [4.69, 9.17) is 5.73 Å². The number of amides is 1. The molecule has 1 unspecified atom stereocenters. The van der Waals surface area contributed by atoms with Crippen molar-refractivity contribution in [1.82, 2.24) is 9.88 Å². The lowest BCUT2D eigenvalue weighted by Crippen LogP contribution is -2.33. The summed E-state index contributed by atoms with van der Waals surface area (Å²) in [5, 5.41) is 5.82. The molecule has 6 heteroatoms. The summed E-state index contributed by atoms with van der Waals surface area (Å²) in [5.41, 5.74) is 6.85. The van der Waals surface area contributed by atoms with Gasteiger partial charge in [-0.3, -0.25) is 9.69 Å². The van der Waals surface area contributed by atoms with Gasteiger partial charge in [-0.25, -0.2) is 4.98 Å². The molecule has 1 aliphatic heterocycles. The molecule has 2 fully saturated rings. The van der Waals surface area contributed by atoms with Crippen molar-refractivity contribution in [2.75, 3.05) is 25.0 Å². The fourth-order valence-electron chi connectivity index (χ4n) is 3.96. The number of carbonyl (C=O) groups is 1. The first-order chi connectivity index (χ1) is 11.2. The fourth-order valence-corrected chi connectivity index (χ4v) is 4.66. The van der Waals surface area contributed by atoms with E-state index in [1.54, 1.807) is 0 Å². The standard InChI is InChI=1S/C17H28N4OS/c1-12-4-3-7-21(9-12)10-14-11-23-17(19-14)20-16(22)15-6-2-5-13(15)8-18/h11-13,15H,2-10,18H2,1H3,(H,19,20,22)/t12?,13-,15-/m1/s1. The van der Waals surface area contributed by atoms with Crippen LogP contribution < -0.4 is 11.1 Å². The van der Waals surface area contributed by atoms with Gasteiger partial charge in [0.2, 0.25) is 5.91 Å². The van der Waals surface area contributed by atoms with Gasteiger partial charge in [0.25, 0.3) is 0 Å². The first-order valence-corrected chi connectivity index (χ1v) is 9.71. The number of piperidine rings is 1. The Morgan fingerprint density at radius 3 is 3.09 bits per heavy atom. The molecular weight excluding hydrogens is 308 g/mol. The lowest BCUT2D eigenvalue weighted by atomic mass is 9.95. The molecule has 2 aliphatic rings. The highest BCUT2D eigenvalue weighted by Crippen LogP contribution is 2.32. The Balaban J connectivity index is 1.53. The average molecular weight is 337 g/mol. The molecule has 0 bridgehead atoms. The van der Waals surface area contributed by atoms with Crippen molar-refractivity contribution in [1.29, 1.82) is 0 Å². The topological polar surface area (TPSA) is 71.2 Å². The smallest absolute Gasteiger partial charge is 0.229 e. The summed E-state index contributed by atoms with van der Waals surface area (Å²) in [6.07, 6.45) is 5.74. The van der Waals surface area contributed by atoms with E-state index in [0.717, 1.165) is 55.6 Å². The Hall–Kier alpha value is -0.980. The van der Waals surface area contributed by atoms with Gasteiger partial charge in [0, 0.05) is 24.4 Å². The molecule has 1 amide bonds. The van der Waals surface area contributed by atoms with Crippen LogP contribution in [0.2, 0.25) is 0 Å². The van der Waals surface area contributed by atoms with Crippen molar-refractivity contribution < 1.29 is 4.79 Å². The Kier molecular flexibility index (Phi) is 5.67. The summed E-state index contributed by atoms with van der Waals surface area (Å²) in [5.74, 6) is 1.28. The molecule has 1 saturated carbocycles. The third kappa shape index (κ3) is 4.31. The molecule has 3 atom stereocenters. The van der Waals surface area contributed by atoms with Gasteiger partial charge < -0.3 is 11.1 Å². The number of aromatic nitrogens is 1. The number of anilines is 1. The van der Waals surface area contributed by atoms with E-state index in [2.05, 4.69) is 27.5 Å². The number of rotatable bonds is 5. The largest absolute Gasteiger partial charge is 0.330 e. The third-order valence-corrected chi connectivity index (χ3v) is 6.01. The van der Waals surface area contributed by atoms with Crippen molar-refractivity contribution in [3.8, 4) is 0 Å². The Bertz CT molecular complexity index is 532. The van der Waals surface area contributed by atoms with E-state index in [1.807, 2.05) is 0 Å². The third-order valence-electron chi connectivity index (χ3n) is 5.21. The molecule has 0 aromatic carbocycles. The van der Waals surface area contributed by atoms with Gasteiger partial charge in [-0.1, -0.05) is 13.3 Å². The molecule has 1 aromatic heterocycles. The van der Waals surface area contributed by atoms with Crippen LogP contribution in [-0.4, -0.2) is 35.4 Å². The van der Waals surface area contributed by atoms with Crippen LogP contribution in [0.4, 0.5) is 5.13 Å². The maximum atomic E-state index is 12.4. The van der Waals surface area contributed by atoms with Gasteiger partial charge in [0.1, 0.15) is 0 Å². The fraction of sp³-hybridized carbons (Fsp3) is 0.765. The number of nitrogens with one attached hydrogen (secondary N) is 1. The SMILES string of the molecule is CC1CCCN(Cc2csc(NC(=O)[C@@H]3CCC[C@@H]3CN)n2)C1. The zero-order chi connectivity index (χ0) is 16.2. The second-order valence-electron chi connectivity index (χ2n) is 7.15. The molecular formula is C17H28N4OS. The van der Waals surface area contributed by atoms with Crippen LogP contribution in [-0.2, 0) is 11.3 Å². The van der Waals surface area contributed by atoms with Crippen LogP contribution in [0.3, 0.4) is 0 Å². The van der Waals surface area contributed by atoms with E-state index in [9.17, 15) is 4.79 Å². The lowest BCUT2D eigenvalue weighted by Gasteiger charge is -2.30. The van der Waals surface area contributed by atoms with E-state index in [-0.39, 0.29) is 11.8 Å². The van der Waals surface area contributed by atoms with Crippen LogP contribution >= 0.6 is 11.3 Å². The summed E-state index contributed by atoms with van der Waals surface area (Å²) in [7, 11) is 0. The minimum Gasteiger partial charge on any atom is -0.330 e. The van der Waals surface area contributed by atoms with Crippen molar-refractivity contribution >= 4 is 22.4 Å². The van der Waals surface area contributed by atoms with E-state index in [0.29, 0.717) is 12.5 Å². The molecule has 3 N–H and O–H groups in total. The summed E-state index contributed by atoms with van der Waals surface area (Å²) < 4.78 is 0. The zero-order valence-electron chi connectivity index (χ0n) is 14.0. The van der Waals surface area contributed by atoms with Crippen LogP contribution in [0.15, 0.2) is 5.38 Å². The molecule has 0 radical (unpaired) electrons. The molecule has 1 aromatic rings. The number of likely N-dealkylation sites (tertiary alicyclic amines) is 1. The number of nitrogens with two attached hydrogens (primary N) is 1. The quantitative estimate of drug-likeness (QED) is 0.867. The van der Waals surface area contributed by atoms with Crippen LogP contribution in [0, 0.1) is 17.8 Å². The van der Waals surface area contributed by atoms with Gasteiger partial charge >= 0.3 is 0 Å². The summed E-state index contributed by atoms with van der Waals surface area (Å²) in [6.45, 7) is 6.12. The molecule has 3 rings (SSSR count). The van der Waals surface area contributed by atoms with Gasteiger partial charge in [0.05, 0.1) is 5.69 Å². The predicted molar refractivity (Wildman–Crippen MR) is 94.3 cm³/mol. The highest BCUT2D eigenvalue weighted by molar-refractivity contribution is 7.13. The summed E-state index contributed by atoms with van der Waals surface area (Å²) in [6, 6.07) is 0. The molecule has 5 nitrogen and oxygen atoms in total. The van der Waals surface area contributed by atoms with E-state index >= 15 is 0 Å². The van der Waals surface area contributed by atoms with Crippen molar-refractivity contribution in [2.45, 2.75) is 45.6 Å². The summed E-state index contributed by atoms with van der Waals surface area (Å²) >= 11 is 1.53. The zero-order valence-corrected chi connectivity index (χ0v) is 14.8. The Morgan fingerprint density at radius 1 is 1.43 bits per heavy atom. The van der Waals surface area contributed by atoms with Crippen molar-refractivity contribution in [2.24, 2.45) is 23.5 Å². The minimum atomic E-state index is 0.0651. The van der Waals surface area contributed by atoms with Crippen molar-refractivity contribution in [3.05, 3.63) is 11.1 Å². The second kappa shape index (κ2) is 7.73. The van der Waals surface area contributed by atoms with E-state index in [1.165, 1.54) is 24.2 Å². The number of hydrogen-bond acceptors (Lipinski definition) is 5. The average Bonchev–Trinajstić information content (AvgIpc) is 3.16. The number of nitrogens with zero attached hydrogens (tertiary/aromatic N) is 2. The van der Waals surface area contributed by atoms with Crippen LogP contribution in [0.5, 0.6) is 0 Å². The lowest BCUT2D eigenvalue weighted by molar-refractivity contribution is -0.120. The number of carbonyl (C=O) groups excluding carboxylic acids is 1. The molecule has 2 heterocycles. The normalized spacial score (nSPS) is 28.9. The van der Waals surface area contributed by atoms with Crippen LogP contribution in [0.25, 0.3) is 0 Å². The molecule has 1 aliphatic carbocycles. The second-order valence-corrected chi connectivity index (χ2v) is 8.01. The predicted octanol–water partition coefficient (Wildman–Crippen LogP) is 2.69. The first-order valence-electron chi connectivity index (χ1n) is 8.83. The number of hydrogen-bond donors (Lipinski definition) is 2. The maximum Gasteiger partial charge on any atom is 0.229 e. The highest BCUT2D eigenvalue weighted by Gasteiger charge is 2.32. The van der Waals surface area contributed by atoms with Crippen LogP contribution in [0.1, 0.15) is 44.7 Å². The highest BCUT2D eigenvalue weighted by atomic mass is 32.1.